The number of amides is 1. The molecule has 1 unspecified atom stereocenters. The topological polar surface area (TPSA) is 88.3 Å². The van der Waals surface area contributed by atoms with E-state index in [1.165, 1.54) is 17.0 Å². The number of aromatic nitrogens is 3. The molecule has 1 heterocycles. The van der Waals surface area contributed by atoms with Crippen LogP contribution in [0.3, 0.4) is 0 Å². The summed E-state index contributed by atoms with van der Waals surface area (Å²) in [6, 6.07) is 4.20. The lowest BCUT2D eigenvalue weighted by molar-refractivity contribution is -0.137. The highest BCUT2D eigenvalue weighted by Crippen LogP contribution is 2.31. The van der Waals surface area contributed by atoms with E-state index >= 15 is 0 Å². The predicted molar refractivity (Wildman–Crippen MR) is 84.2 cm³/mol. The highest BCUT2D eigenvalue weighted by atomic mass is 19.4. The summed E-state index contributed by atoms with van der Waals surface area (Å²) in [5.41, 5.74) is -0.737. The van der Waals surface area contributed by atoms with E-state index in [0.717, 1.165) is 23.0 Å². The monoisotopic (exact) mass is 370 g/mol. The fourth-order valence-corrected chi connectivity index (χ4v) is 2.52. The fourth-order valence-electron chi connectivity index (χ4n) is 2.52. The first-order valence-corrected chi connectivity index (χ1v) is 7.73. The van der Waals surface area contributed by atoms with Crippen LogP contribution >= 0.6 is 0 Å². The van der Waals surface area contributed by atoms with Crippen LogP contribution in [-0.4, -0.2) is 43.4 Å². The van der Waals surface area contributed by atoms with Gasteiger partial charge in [-0.05, 0) is 31.5 Å². The highest BCUT2D eigenvalue weighted by molar-refractivity contribution is 5.84. The Balaban J connectivity index is 2.18. The zero-order valence-electron chi connectivity index (χ0n) is 14.1. The molecule has 0 aliphatic rings. The van der Waals surface area contributed by atoms with Crippen LogP contribution in [0.5, 0.6) is 0 Å². The first-order chi connectivity index (χ1) is 12.1. The second kappa shape index (κ2) is 7.54. The Labute approximate surface area is 147 Å². The van der Waals surface area contributed by atoms with Crippen molar-refractivity contribution in [3.63, 3.8) is 0 Å². The predicted octanol–water partition coefficient (Wildman–Crippen LogP) is 2.60. The summed E-state index contributed by atoms with van der Waals surface area (Å²) in [4.78, 5) is 24.7. The van der Waals surface area contributed by atoms with Gasteiger partial charge in [0.1, 0.15) is 6.54 Å². The van der Waals surface area contributed by atoms with Crippen LogP contribution < -0.4 is 0 Å². The van der Waals surface area contributed by atoms with Gasteiger partial charge in [-0.1, -0.05) is 17.3 Å². The van der Waals surface area contributed by atoms with Crippen molar-refractivity contribution in [2.24, 2.45) is 0 Å². The zero-order chi connectivity index (χ0) is 19.5. The molecule has 1 aromatic carbocycles. The third-order valence-electron chi connectivity index (χ3n) is 3.88. The molecule has 1 aromatic heterocycles. The molecule has 0 saturated carbocycles. The van der Waals surface area contributed by atoms with Crippen molar-refractivity contribution in [2.45, 2.75) is 32.6 Å². The van der Waals surface area contributed by atoms with Crippen LogP contribution in [0, 0.1) is 0 Å². The molecule has 1 atom stereocenters. The number of hydrogen-bond donors (Lipinski definition) is 1. The van der Waals surface area contributed by atoms with Gasteiger partial charge in [-0.2, -0.15) is 13.2 Å². The molecule has 0 spiro atoms. The van der Waals surface area contributed by atoms with E-state index in [9.17, 15) is 22.8 Å². The molecule has 0 aliphatic heterocycles. The zero-order valence-corrected chi connectivity index (χ0v) is 14.1. The summed E-state index contributed by atoms with van der Waals surface area (Å²) < 4.78 is 39.7. The Hall–Kier alpha value is -2.91. The second-order valence-corrected chi connectivity index (χ2v) is 5.59. The fraction of sp³-hybridized carbons (Fsp3) is 0.375. The van der Waals surface area contributed by atoms with Crippen LogP contribution in [0.25, 0.3) is 0 Å². The van der Waals surface area contributed by atoms with Gasteiger partial charge in [0.05, 0.1) is 17.8 Å². The molecule has 2 rings (SSSR count). The number of aromatic carboxylic acids is 1. The normalized spacial score (nSPS) is 12.7. The Morgan fingerprint density at radius 1 is 1.35 bits per heavy atom. The van der Waals surface area contributed by atoms with Gasteiger partial charge in [-0.15, -0.1) is 5.10 Å². The van der Waals surface area contributed by atoms with Crippen molar-refractivity contribution in [2.75, 3.05) is 6.54 Å². The molecule has 1 N–H and O–H groups in total. The minimum atomic E-state index is -4.47. The number of alkyl halides is 3. The molecular formula is C16H17F3N4O3. The lowest BCUT2D eigenvalue weighted by Crippen LogP contribution is -2.36. The molecule has 0 fully saturated rings. The van der Waals surface area contributed by atoms with Gasteiger partial charge in [0.2, 0.25) is 5.91 Å². The van der Waals surface area contributed by atoms with E-state index < -0.39 is 29.7 Å². The highest BCUT2D eigenvalue weighted by Gasteiger charge is 2.31. The van der Waals surface area contributed by atoms with Crippen LogP contribution in [-0.2, 0) is 17.5 Å². The Morgan fingerprint density at radius 2 is 2.04 bits per heavy atom. The largest absolute Gasteiger partial charge is 0.476 e. The molecule has 0 saturated heterocycles. The third kappa shape index (κ3) is 4.38. The SMILES string of the molecule is CCN(C(=O)Cn1cc(C(=O)O)nn1)C(C)c1cccc(C(F)(F)F)c1. The number of benzene rings is 1. The van der Waals surface area contributed by atoms with E-state index in [2.05, 4.69) is 10.3 Å². The van der Waals surface area contributed by atoms with Crippen molar-refractivity contribution >= 4 is 11.9 Å². The molecule has 7 nitrogen and oxygen atoms in total. The van der Waals surface area contributed by atoms with Crippen LogP contribution in [0.4, 0.5) is 13.2 Å². The maximum atomic E-state index is 12.9. The summed E-state index contributed by atoms with van der Waals surface area (Å²) in [5.74, 6) is -1.69. The number of nitrogens with zero attached hydrogens (tertiary/aromatic N) is 4. The van der Waals surface area contributed by atoms with Crippen molar-refractivity contribution in [1.82, 2.24) is 19.9 Å². The number of rotatable bonds is 6. The van der Waals surface area contributed by atoms with Crippen molar-refractivity contribution in [1.29, 1.82) is 0 Å². The first-order valence-electron chi connectivity index (χ1n) is 7.73. The molecule has 10 heteroatoms. The van der Waals surface area contributed by atoms with E-state index in [-0.39, 0.29) is 18.8 Å². The van der Waals surface area contributed by atoms with Gasteiger partial charge in [-0.25, -0.2) is 9.48 Å². The molecule has 0 aliphatic carbocycles. The average Bonchev–Trinajstić information content (AvgIpc) is 3.03. The van der Waals surface area contributed by atoms with Gasteiger partial charge >= 0.3 is 12.1 Å². The second-order valence-electron chi connectivity index (χ2n) is 5.59. The quantitative estimate of drug-likeness (QED) is 0.844. The minimum Gasteiger partial charge on any atom is -0.476 e. The van der Waals surface area contributed by atoms with Crippen molar-refractivity contribution in [3.05, 3.63) is 47.3 Å². The van der Waals surface area contributed by atoms with E-state index in [1.807, 2.05) is 0 Å². The summed E-state index contributed by atoms with van der Waals surface area (Å²) in [7, 11) is 0. The number of hydrogen-bond acceptors (Lipinski definition) is 4. The van der Waals surface area contributed by atoms with E-state index in [0.29, 0.717) is 5.56 Å². The molecule has 2 aromatic rings. The maximum absolute atomic E-state index is 12.9. The lowest BCUT2D eigenvalue weighted by Gasteiger charge is -2.28. The van der Waals surface area contributed by atoms with Crippen LogP contribution in [0.15, 0.2) is 30.5 Å². The number of carbonyl (C=O) groups excluding carboxylic acids is 1. The van der Waals surface area contributed by atoms with Gasteiger partial charge in [-0.3, -0.25) is 4.79 Å². The number of carboxylic acid groups (broad SMARTS) is 1. The summed E-state index contributed by atoms with van der Waals surface area (Å²) >= 11 is 0. The van der Waals surface area contributed by atoms with E-state index in [4.69, 9.17) is 5.11 Å². The van der Waals surface area contributed by atoms with Crippen molar-refractivity contribution < 1.29 is 27.9 Å². The number of carboxylic acids is 1. The lowest BCUT2D eigenvalue weighted by atomic mass is 10.0. The average molecular weight is 370 g/mol. The molecule has 0 bridgehead atoms. The smallest absolute Gasteiger partial charge is 0.416 e. The number of likely N-dealkylation sites (N-methyl/N-ethyl adjacent to an activating group) is 1. The standard InChI is InChI=1S/C16H17F3N4O3/c1-3-23(14(24)9-22-8-13(15(25)26)20-21-22)10(2)11-5-4-6-12(7-11)16(17,18)19/h4-8,10H,3,9H2,1-2H3,(H,25,26). The minimum absolute atomic E-state index is 0.261. The molecule has 1 amide bonds. The maximum Gasteiger partial charge on any atom is 0.416 e. The Kier molecular flexibility index (Phi) is 5.63. The molecular weight excluding hydrogens is 353 g/mol. The summed E-state index contributed by atoms with van der Waals surface area (Å²) in [5, 5.41) is 15.8. The van der Waals surface area contributed by atoms with E-state index in [1.54, 1.807) is 13.8 Å². The Bertz CT molecular complexity index is 804. The van der Waals surface area contributed by atoms with Gasteiger partial charge in [0.15, 0.2) is 5.69 Å². The number of halogens is 3. The summed E-state index contributed by atoms with van der Waals surface area (Å²) in [6.45, 7) is 3.32. The van der Waals surface area contributed by atoms with Gasteiger partial charge < -0.3 is 10.0 Å². The molecule has 0 radical (unpaired) electrons. The van der Waals surface area contributed by atoms with Gasteiger partial charge in [0, 0.05) is 6.54 Å². The Morgan fingerprint density at radius 3 is 2.58 bits per heavy atom. The van der Waals surface area contributed by atoms with Crippen LogP contribution in [0.2, 0.25) is 0 Å². The molecule has 26 heavy (non-hydrogen) atoms. The van der Waals surface area contributed by atoms with Crippen LogP contribution in [0.1, 0.15) is 41.5 Å². The van der Waals surface area contributed by atoms with Gasteiger partial charge in [0.25, 0.3) is 0 Å². The summed E-state index contributed by atoms with van der Waals surface area (Å²) in [6.07, 6.45) is -3.35. The number of carbonyl (C=O) groups is 2. The third-order valence-corrected chi connectivity index (χ3v) is 3.88. The first kappa shape index (κ1) is 19.4. The molecule has 140 valence electrons. The van der Waals surface area contributed by atoms with Crippen molar-refractivity contribution in [3.8, 4) is 0 Å².